The van der Waals surface area contributed by atoms with Gasteiger partial charge in [-0.2, -0.15) is 0 Å². The third kappa shape index (κ3) is 6.13. The van der Waals surface area contributed by atoms with E-state index in [1.54, 1.807) is 43.1 Å². The molecule has 1 aromatic carbocycles. The highest BCUT2D eigenvalue weighted by atomic mass is 32.2. The first-order valence-electron chi connectivity index (χ1n) is 12.4. The Kier molecular flexibility index (Phi) is 8.68. The van der Waals surface area contributed by atoms with Crippen molar-refractivity contribution in [2.75, 3.05) is 20.3 Å². The Balaban J connectivity index is 1.81. The van der Waals surface area contributed by atoms with Gasteiger partial charge in [-0.25, -0.2) is 23.4 Å². The molecular formula is C27H32N6O5S. The summed E-state index contributed by atoms with van der Waals surface area (Å²) in [5, 5.41) is 17.0. The van der Waals surface area contributed by atoms with Crippen molar-refractivity contribution in [1.82, 2.24) is 29.7 Å². The van der Waals surface area contributed by atoms with Gasteiger partial charge in [-0.05, 0) is 57.0 Å². The fourth-order valence-electron chi connectivity index (χ4n) is 4.21. The summed E-state index contributed by atoms with van der Waals surface area (Å²) in [4.78, 5) is 13.2. The standard InChI is InChI=1S/C27H32N6O5S/c1-17-14-28-26(29-15-17)25(38-13-12-34)20(4)39(35,36)16-23-31-32-27(21-10-7-9-19(3)30-21)33(23)24-18(2)8-6-11-22(24)37-5/h6-11,14-15,20,25,34H,12-13,16H2,1-5H3/t20-,25-/m0/s1. The van der Waals surface area contributed by atoms with Gasteiger partial charge in [0.05, 0.1) is 31.3 Å². The van der Waals surface area contributed by atoms with E-state index in [1.165, 1.54) is 0 Å². The molecule has 0 unspecified atom stereocenters. The Morgan fingerprint density at radius 1 is 1.03 bits per heavy atom. The second kappa shape index (κ2) is 12.0. The molecule has 0 aliphatic carbocycles. The van der Waals surface area contributed by atoms with Crippen molar-refractivity contribution in [3.63, 3.8) is 0 Å². The minimum atomic E-state index is -3.91. The highest BCUT2D eigenvalue weighted by molar-refractivity contribution is 7.91. The Morgan fingerprint density at radius 2 is 1.74 bits per heavy atom. The maximum absolute atomic E-state index is 13.8. The SMILES string of the molecule is COc1cccc(C)c1-n1c(CS(=O)(=O)[C@@H](C)[C@H](OCCO)c2ncc(C)cn2)nnc1-c1cccc(C)n1. The summed E-state index contributed by atoms with van der Waals surface area (Å²) in [5.41, 5.74) is 3.61. The van der Waals surface area contributed by atoms with Gasteiger partial charge < -0.3 is 14.6 Å². The number of aryl methyl sites for hydroxylation is 3. The van der Waals surface area contributed by atoms with Crippen LogP contribution in [-0.4, -0.2) is 68.8 Å². The van der Waals surface area contributed by atoms with Crippen LogP contribution in [0.25, 0.3) is 17.2 Å². The topological polar surface area (TPSA) is 142 Å². The molecule has 39 heavy (non-hydrogen) atoms. The van der Waals surface area contributed by atoms with Crippen LogP contribution in [-0.2, 0) is 20.3 Å². The Morgan fingerprint density at radius 3 is 2.41 bits per heavy atom. The van der Waals surface area contributed by atoms with E-state index in [1.807, 2.05) is 45.0 Å². The van der Waals surface area contributed by atoms with Crippen molar-refractivity contribution >= 4 is 9.84 Å². The van der Waals surface area contributed by atoms with E-state index >= 15 is 0 Å². The van der Waals surface area contributed by atoms with Gasteiger partial charge in [-0.1, -0.05) is 18.2 Å². The van der Waals surface area contributed by atoms with E-state index < -0.39 is 26.9 Å². The lowest BCUT2D eigenvalue weighted by molar-refractivity contribution is 0.0226. The van der Waals surface area contributed by atoms with Crippen molar-refractivity contribution in [3.8, 4) is 23.0 Å². The first kappa shape index (κ1) is 28.3. The minimum absolute atomic E-state index is 0.0679. The van der Waals surface area contributed by atoms with Crippen LogP contribution in [0, 0.1) is 20.8 Å². The zero-order valence-electron chi connectivity index (χ0n) is 22.6. The van der Waals surface area contributed by atoms with E-state index in [0.717, 1.165) is 16.8 Å². The molecule has 0 spiro atoms. The van der Waals surface area contributed by atoms with Gasteiger partial charge in [0.25, 0.3) is 0 Å². The number of pyridine rings is 1. The summed E-state index contributed by atoms with van der Waals surface area (Å²) in [6.45, 7) is 6.80. The zero-order chi connectivity index (χ0) is 28.2. The van der Waals surface area contributed by atoms with Crippen LogP contribution in [0.15, 0.2) is 48.8 Å². The molecule has 0 saturated carbocycles. The predicted octanol–water partition coefficient (Wildman–Crippen LogP) is 3.11. The van der Waals surface area contributed by atoms with Crippen LogP contribution >= 0.6 is 0 Å². The molecule has 0 saturated heterocycles. The molecule has 4 rings (SSSR count). The Bertz CT molecular complexity index is 1540. The molecule has 3 heterocycles. The lowest BCUT2D eigenvalue weighted by atomic mass is 10.1. The van der Waals surface area contributed by atoms with Crippen LogP contribution in [0.3, 0.4) is 0 Å². The average molecular weight is 553 g/mol. The van der Waals surface area contributed by atoms with Gasteiger partial charge in [0.15, 0.2) is 27.3 Å². The summed E-state index contributed by atoms with van der Waals surface area (Å²) in [6, 6.07) is 11.1. The molecule has 12 heteroatoms. The maximum atomic E-state index is 13.8. The quantitative estimate of drug-likeness (QED) is 0.295. The number of aliphatic hydroxyl groups is 1. The number of hydrogen-bond acceptors (Lipinski definition) is 10. The number of aromatic nitrogens is 6. The summed E-state index contributed by atoms with van der Waals surface area (Å²) in [7, 11) is -2.36. The molecule has 0 bridgehead atoms. The van der Waals surface area contributed by atoms with Crippen molar-refractivity contribution in [2.24, 2.45) is 0 Å². The average Bonchev–Trinajstić information content (AvgIpc) is 3.31. The van der Waals surface area contributed by atoms with Gasteiger partial charge >= 0.3 is 0 Å². The predicted molar refractivity (Wildman–Crippen MR) is 145 cm³/mol. The molecule has 206 valence electrons. The van der Waals surface area contributed by atoms with E-state index in [4.69, 9.17) is 9.47 Å². The molecule has 3 aromatic heterocycles. The van der Waals surface area contributed by atoms with E-state index in [0.29, 0.717) is 23.0 Å². The van der Waals surface area contributed by atoms with Gasteiger partial charge in [-0.15, -0.1) is 10.2 Å². The third-order valence-corrected chi connectivity index (χ3v) is 8.30. The normalized spacial score (nSPS) is 13.3. The Hall–Kier alpha value is -3.74. The fourth-order valence-corrected chi connectivity index (χ4v) is 5.60. The van der Waals surface area contributed by atoms with Crippen LogP contribution in [0.1, 0.15) is 41.5 Å². The van der Waals surface area contributed by atoms with Crippen molar-refractivity contribution in [1.29, 1.82) is 0 Å². The molecule has 2 atom stereocenters. The number of hydrogen-bond donors (Lipinski definition) is 1. The fraction of sp³-hybridized carbons (Fsp3) is 0.370. The van der Waals surface area contributed by atoms with E-state index in [2.05, 4.69) is 25.1 Å². The van der Waals surface area contributed by atoms with Crippen molar-refractivity contribution in [2.45, 2.75) is 44.8 Å². The maximum Gasteiger partial charge on any atom is 0.187 e. The molecule has 0 aliphatic rings. The second-order valence-corrected chi connectivity index (χ2v) is 11.6. The molecule has 0 aliphatic heterocycles. The molecular weight excluding hydrogens is 520 g/mol. The van der Waals surface area contributed by atoms with Crippen LogP contribution in [0.2, 0.25) is 0 Å². The number of rotatable bonds is 11. The van der Waals surface area contributed by atoms with Gasteiger partial charge in [0.2, 0.25) is 0 Å². The first-order valence-corrected chi connectivity index (χ1v) is 14.1. The molecule has 11 nitrogen and oxygen atoms in total. The monoisotopic (exact) mass is 552 g/mol. The van der Waals surface area contributed by atoms with Crippen LogP contribution < -0.4 is 4.74 Å². The van der Waals surface area contributed by atoms with E-state index in [9.17, 15) is 13.5 Å². The lowest BCUT2D eigenvalue weighted by Gasteiger charge is -2.23. The first-order chi connectivity index (χ1) is 18.7. The molecule has 1 N–H and O–H groups in total. The highest BCUT2D eigenvalue weighted by Crippen LogP contribution is 2.33. The largest absolute Gasteiger partial charge is 0.495 e. The molecule has 0 radical (unpaired) electrons. The molecule has 4 aromatic rings. The highest BCUT2D eigenvalue weighted by Gasteiger charge is 2.35. The van der Waals surface area contributed by atoms with Crippen molar-refractivity contribution in [3.05, 3.63) is 77.3 Å². The lowest BCUT2D eigenvalue weighted by Crippen LogP contribution is -2.31. The summed E-state index contributed by atoms with van der Waals surface area (Å²) >= 11 is 0. The summed E-state index contributed by atoms with van der Waals surface area (Å²) in [5.74, 6) is 0.886. The summed E-state index contributed by atoms with van der Waals surface area (Å²) < 4.78 is 40.7. The van der Waals surface area contributed by atoms with Gasteiger partial charge in [0.1, 0.15) is 23.3 Å². The second-order valence-electron chi connectivity index (χ2n) is 9.21. The third-order valence-electron chi connectivity index (χ3n) is 6.26. The number of sulfone groups is 1. The van der Waals surface area contributed by atoms with Crippen molar-refractivity contribution < 1.29 is 23.0 Å². The van der Waals surface area contributed by atoms with Crippen LogP contribution in [0.4, 0.5) is 0 Å². The number of ether oxygens (including phenoxy) is 2. The number of para-hydroxylation sites is 1. The number of nitrogens with zero attached hydrogens (tertiary/aromatic N) is 6. The smallest absolute Gasteiger partial charge is 0.187 e. The van der Waals surface area contributed by atoms with Gasteiger partial charge in [0, 0.05) is 18.1 Å². The number of methoxy groups -OCH3 is 1. The molecule has 0 fully saturated rings. The minimum Gasteiger partial charge on any atom is -0.495 e. The molecule has 0 amide bonds. The Labute approximate surface area is 227 Å². The summed E-state index contributed by atoms with van der Waals surface area (Å²) in [6.07, 6.45) is 2.20. The number of aliphatic hydroxyl groups excluding tert-OH is 1. The van der Waals surface area contributed by atoms with Gasteiger partial charge in [-0.3, -0.25) is 4.57 Å². The van der Waals surface area contributed by atoms with E-state index in [-0.39, 0.29) is 24.9 Å². The number of benzene rings is 1. The van der Waals surface area contributed by atoms with Crippen LogP contribution in [0.5, 0.6) is 5.75 Å². The zero-order valence-corrected chi connectivity index (χ0v) is 23.4.